The fourth-order valence-corrected chi connectivity index (χ4v) is 3.17. The number of anilines is 1. The predicted molar refractivity (Wildman–Crippen MR) is 114 cm³/mol. The molecule has 0 heterocycles. The first-order valence-electron chi connectivity index (χ1n) is 9.61. The van der Waals surface area contributed by atoms with Crippen molar-refractivity contribution in [2.75, 3.05) is 25.5 Å². The maximum absolute atomic E-state index is 12.5. The molecule has 5 nitrogen and oxygen atoms in total. The maximum Gasteiger partial charge on any atom is 0.279 e. The van der Waals surface area contributed by atoms with Gasteiger partial charge >= 0.3 is 0 Å². The van der Waals surface area contributed by atoms with Crippen LogP contribution in [-0.4, -0.2) is 38.0 Å². The summed E-state index contributed by atoms with van der Waals surface area (Å²) in [4.78, 5) is 25.6. The van der Waals surface area contributed by atoms with Crippen LogP contribution in [0, 0.1) is 0 Å². The lowest BCUT2D eigenvalue weighted by molar-refractivity contribution is -0.885. The summed E-state index contributed by atoms with van der Waals surface area (Å²) in [7, 11) is 1.84. The van der Waals surface area contributed by atoms with Gasteiger partial charge in [-0.1, -0.05) is 61.0 Å². The van der Waals surface area contributed by atoms with Gasteiger partial charge in [0.1, 0.15) is 0 Å². The summed E-state index contributed by atoms with van der Waals surface area (Å²) < 4.78 is 0. The van der Waals surface area contributed by atoms with E-state index in [2.05, 4.69) is 29.7 Å². The second-order valence-electron chi connectivity index (χ2n) is 7.03. The molecule has 2 aromatic rings. The highest BCUT2D eigenvalue weighted by Gasteiger charge is 2.24. The Morgan fingerprint density at radius 1 is 1.07 bits per heavy atom. The van der Waals surface area contributed by atoms with Crippen LogP contribution in [0.5, 0.6) is 0 Å². The monoisotopic (exact) mass is 402 g/mol. The van der Waals surface area contributed by atoms with E-state index in [1.807, 2.05) is 38.2 Å². The summed E-state index contributed by atoms with van der Waals surface area (Å²) in [6, 6.07) is 16.9. The largest absolute Gasteiger partial charge is 0.350 e. The zero-order valence-electron chi connectivity index (χ0n) is 16.7. The Bertz CT molecular complexity index is 782. The van der Waals surface area contributed by atoms with Crippen LogP contribution in [0.4, 0.5) is 5.69 Å². The number of nitrogens with one attached hydrogen (secondary N) is 3. The lowest BCUT2D eigenvalue weighted by Gasteiger charge is -2.22. The molecule has 0 spiro atoms. The normalized spacial score (nSPS) is 14.0. The SMILES string of the molecule is CC[C@H](CNC(=O)[C@H](C)[NH+](C)CC(=O)Nc1ccccc1Cl)c1ccccc1. The number of hydrogen-bond donors (Lipinski definition) is 3. The number of carbonyl (C=O) groups is 2. The van der Waals surface area contributed by atoms with Crippen molar-refractivity contribution in [1.29, 1.82) is 0 Å². The van der Waals surface area contributed by atoms with Crippen molar-refractivity contribution in [3.05, 3.63) is 65.2 Å². The zero-order chi connectivity index (χ0) is 20.5. The molecule has 0 aliphatic heterocycles. The third kappa shape index (κ3) is 6.36. The molecule has 28 heavy (non-hydrogen) atoms. The lowest BCUT2D eigenvalue weighted by atomic mass is 9.96. The first-order valence-corrected chi connectivity index (χ1v) is 9.99. The Kier molecular flexibility index (Phi) is 8.48. The fourth-order valence-electron chi connectivity index (χ4n) is 2.99. The Hall–Kier alpha value is -2.37. The third-order valence-electron chi connectivity index (χ3n) is 5.01. The highest BCUT2D eigenvalue weighted by atomic mass is 35.5. The highest BCUT2D eigenvalue weighted by Crippen LogP contribution is 2.20. The molecule has 150 valence electrons. The second-order valence-corrected chi connectivity index (χ2v) is 7.44. The molecule has 2 amide bonds. The highest BCUT2D eigenvalue weighted by molar-refractivity contribution is 6.33. The van der Waals surface area contributed by atoms with Gasteiger partial charge in [0.05, 0.1) is 17.8 Å². The van der Waals surface area contributed by atoms with Crippen molar-refractivity contribution in [3.63, 3.8) is 0 Å². The Labute approximate surface area is 172 Å². The van der Waals surface area contributed by atoms with E-state index in [1.165, 1.54) is 5.56 Å². The average molecular weight is 403 g/mol. The summed E-state index contributed by atoms with van der Waals surface area (Å²) in [5, 5.41) is 6.32. The van der Waals surface area contributed by atoms with Gasteiger partial charge in [-0.25, -0.2) is 0 Å². The van der Waals surface area contributed by atoms with E-state index >= 15 is 0 Å². The van der Waals surface area contributed by atoms with Gasteiger partial charge < -0.3 is 15.5 Å². The van der Waals surface area contributed by atoms with E-state index in [1.54, 1.807) is 18.2 Å². The molecule has 0 bridgehead atoms. The van der Waals surface area contributed by atoms with Crippen LogP contribution >= 0.6 is 11.6 Å². The van der Waals surface area contributed by atoms with E-state index in [4.69, 9.17) is 11.6 Å². The molecule has 0 saturated heterocycles. The van der Waals surface area contributed by atoms with Crippen LogP contribution in [-0.2, 0) is 9.59 Å². The van der Waals surface area contributed by atoms with Crippen molar-refractivity contribution < 1.29 is 14.5 Å². The molecule has 0 aromatic heterocycles. The number of para-hydroxylation sites is 1. The van der Waals surface area contributed by atoms with E-state index in [0.717, 1.165) is 11.3 Å². The molecule has 0 saturated carbocycles. The van der Waals surface area contributed by atoms with E-state index in [0.29, 0.717) is 17.3 Å². The molecule has 0 aliphatic rings. The van der Waals surface area contributed by atoms with E-state index in [9.17, 15) is 9.59 Å². The second kappa shape index (κ2) is 10.8. The molecule has 2 aromatic carbocycles. The van der Waals surface area contributed by atoms with E-state index in [-0.39, 0.29) is 30.3 Å². The maximum atomic E-state index is 12.5. The predicted octanol–water partition coefficient (Wildman–Crippen LogP) is 2.49. The molecule has 0 radical (unpaired) electrons. The standard InChI is InChI=1S/C22H28ClN3O2/c1-4-17(18-10-6-5-7-11-18)14-24-22(28)16(2)26(3)15-21(27)25-20-13-9-8-12-19(20)23/h5-13,16-17H,4,14-15H2,1-3H3,(H,24,28)(H,25,27)/p+1/t16-,17+/m0/s1. The Morgan fingerprint density at radius 3 is 2.36 bits per heavy atom. The van der Waals surface area contributed by atoms with Crippen LogP contribution in [0.1, 0.15) is 31.7 Å². The Morgan fingerprint density at radius 2 is 1.71 bits per heavy atom. The number of hydrogen-bond acceptors (Lipinski definition) is 2. The van der Waals surface area contributed by atoms with Crippen LogP contribution in [0.15, 0.2) is 54.6 Å². The fraction of sp³-hybridized carbons (Fsp3) is 0.364. The topological polar surface area (TPSA) is 62.6 Å². The average Bonchev–Trinajstić information content (AvgIpc) is 2.70. The van der Waals surface area contributed by atoms with Gasteiger partial charge in [0.25, 0.3) is 11.8 Å². The summed E-state index contributed by atoms with van der Waals surface area (Å²) in [6.45, 7) is 4.71. The molecule has 3 atom stereocenters. The minimum atomic E-state index is -0.342. The molecular formula is C22H29ClN3O2+. The van der Waals surface area contributed by atoms with Crippen LogP contribution in [0.25, 0.3) is 0 Å². The summed E-state index contributed by atoms with van der Waals surface area (Å²) in [5.41, 5.74) is 1.80. The smallest absolute Gasteiger partial charge is 0.279 e. The van der Waals surface area contributed by atoms with E-state index < -0.39 is 0 Å². The van der Waals surface area contributed by atoms with Crippen molar-refractivity contribution in [1.82, 2.24) is 5.32 Å². The molecule has 3 N–H and O–H groups in total. The minimum Gasteiger partial charge on any atom is -0.350 e. The number of carbonyl (C=O) groups excluding carboxylic acids is 2. The first kappa shape index (κ1) is 21.9. The number of likely N-dealkylation sites (N-methyl/N-ethyl adjacent to an activating group) is 1. The molecular weight excluding hydrogens is 374 g/mol. The first-order chi connectivity index (χ1) is 13.4. The summed E-state index contributed by atoms with van der Waals surface area (Å²) >= 11 is 6.07. The van der Waals surface area contributed by atoms with Gasteiger partial charge in [-0.2, -0.15) is 0 Å². The van der Waals surface area contributed by atoms with Crippen molar-refractivity contribution in [2.45, 2.75) is 32.2 Å². The number of amides is 2. The number of rotatable bonds is 9. The zero-order valence-corrected chi connectivity index (χ0v) is 17.4. The number of quaternary nitrogens is 1. The van der Waals surface area contributed by atoms with Gasteiger partial charge in [0, 0.05) is 12.5 Å². The number of halogens is 1. The van der Waals surface area contributed by atoms with Gasteiger partial charge in [-0.3, -0.25) is 9.59 Å². The van der Waals surface area contributed by atoms with Crippen LogP contribution in [0.3, 0.4) is 0 Å². The van der Waals surface area contributed by atoms with Gasteiger partial charge in [-0.05, 0) is 31.0 Å². The molecule has 1 unspecified atom stereocenters. The summed E-state index contributed by atoms with van der Waals surface area (Å²) in [6.07, 6.45) is 0.946. The Balaban J connectivity index is 1.84. The van der Waals surface area contributed by atoms with Gasteiger partial charge in [0.2, 0.25) is 0 Å². The quantitative estimate of drug-likeness (QED) is 0.603. The molecule has 0 fully saturated rings. The van der Waals surface area contributed by atoms with Gasteiger partial charge in [0.15, 0.2) is 12.6 Å². The molecule has 6 heteroatoms. The van der Waals surface area contributed by atoms with Crippen molar-refractivity contribution in [2.24, 2.45) is 0 Å². The number of benzene rings is 2. The lowest BCUT2D eigenvalue weighted by Crippen LogP contribution is -3.15. The third-order valence-corrected chi connectivity index (χ3v) is 5.34. The van der Waals surface area contributed by atoms with Crippen LogP contribution < -0.4 is 15.5 Å². The van der Waals surface area contributed by atoms with Gasteiger partial charge in [-0.15, -0.1) is 0 Å². The van der Waals surface area contributed by atoms with Crippen molar-refractivity contribution >= 4 is 29.1 Å². The van der Waals surface area contributed by atoms with Crippen LogP contribution in [0.2, 0.25) is 5.02 Å². The van der Waals surface area contributed by atoms with Crippen molar-refractivity contribution in [3.8, 4) is 0 Å². The molecule has 2 rings (SSSR count). The minimum absolute atomic E-state index is 0.0579. The summed E-state index contributed by atoms with van der Waals surface area (Å²) in [5.74, 6) is 0.0413. The molecule has 0 aliphatic carbocycles.